The topological polar surface area (TPSA) is 16.4 Å². The van der Waals surface area contributed by atoms with E-state index in [1.54, 1.807) is 0 Å². The van der Waals surface area contributed by atoms with Crippen LogP contribution >= 0.6 is 38.5 Å². The first-order chi connectivity index (χ1) is 23.6. The lowest BCUT2D eigenvalue weighted by Crippen LogP contribution is -2.12. The predicted octanol–water partition coefficient (Wildman–Crippen LogP) is 14.1. The minimum atomic E-state index is 0.877. The van der Waals surface area contributed by atoms with Gasteiger partial charge in [-0.15, -0.1) is 0 Å². The van der Waals surface area contributed by atoms with Crippen LogP contribution in [0, 0.1) is 3.57 Å². The van der Waals surface area contributed by atoms with E-state index in [2.05, 4.69) is 201 Å². The maximum Gasteiger partial charge on any atom is 0.150 e. The highest BCUT2D eigenvalue weighted by Crippen LogP contribution is 2.49. The molecule has 9 rings (SSSR count). The smallest absolute Gasteiger partial charge is 0.150 e. The van der Waals surface area contributed by atoms with Gasteiger partial charge in [-0.1, -0.05) is 127 Å². The summed E-state index contributed by atoms with van der Waals surface area (Å²) in [6.07, 6.45) is 0. The Morgan fingerprint density at radius 1 is 0.458 bits per heavy atom. The number of fused-ring (bicyclic) bond motifs is 6. The summed E-state index contributed by atoms with van der Waals surface area (Å²) in [7, 11) is 0. The van der Waals surface area contributed by atoms with Gasteiger partial charge in [0, 0.05) is 21.8 Å². The molecule has 228 valence electrons. The Labute approximate surface area is 300 Å². The van der Waals surface area contributed by atoms with Crippen LogP contribution in [0.25, 0.3) is 65.7 Å². The first kappa shape index (κ1) is 29.2. The lowest BCUT2D eigenvalue weighted by molar-refractivity contribution is 0.666. The Morgan fingerprint density at radius 3 is 1.83 bits per heavy atom. The maximum absolute atomic E-state index is 6.62. The Hall–Kier alpha value is -4.91. The van der Waals surface area contributed by atoms with Crippen LogP contribution in [-0.4, -0.2) is 0 Å². The van der Waals surface area contributed by atoms with Crippen LogP contribution in [0.5, 0.6) is 0 Å². The summed E-state index contributed by atoms with van der Waals surface area (Å²) in [5, 5.41) is 7.04. The fraction of sp³-hybridized carbons (Fsp3) is 0. The van der Waals surface area contributed by atoms with E-state index in [-0.39, 0.29) is 0 Å². The van der Waals surface area contributed by atoms with Crippen molar-refractivity contribution in [1.29, 1.82) is 0 Å². The van der Waals surface area contributed by atoms with E-state index in [0.29, 0.717) is 0 Å². The number of benzene rings is 8. The SMILES string of the molecule is Brc1c(N(c2cccc(-c3ccccc3)c2)c2cc3ccccc3c3ccccc23)cc2c(oc3cc(-c4ccccc4)ccc32)c1I. The second-order valence-electron chi connectivity index (χ2n) is 12.0. The first-order valence-electron chi connectivity index (χ1n) is 15.9. The molecule has 0 bridgehead atoms. The third-order valence-corrected chi connectivity index (χ3v) is 11.7. The molecule has 0 fully saturated rings. The molecule has 2 nitrogen and oxygen atoms in total. The summed E-state index contributed by atoms with van der Waals surface area (Å²) in [5.74, 6) is 0. The molecule has 0 N–H and O–H groups in total. The lowest BCUT2D eigenvalue weighted by atomic mass is 9.98. The Bertz CT molecular complexity index is 2650. The Balaban J connectivity index is 1.33. The van der Waals surface area contributed by atoms with E-state index < -0.39 is 0 Å². The summed E-state index contributed by atoms with van der Waals surface area (Å²) in [4.78, 5) is 2.41. The van der Waals surface area contributed by atoms with Crippen molar-refractivity contribution < 1.29 is 4.42 Å². The van der Waals surface area contributed by atoms with E-state index >= 15 is 0 Å². The average molecular weight is 793 g/mol. The minimum absolute atomic E-state index is 0.877. The highest BCUT2D eigenvalue weighted by atomic mass is 127. The van der Waals surface area contributed by atoms with Gasteiger partial charge in [0.1, 0.15) is 11.2 Å². The third-order valence-electron chi connectivity index (χ3n) is 9.17. The number of nitrogens with zero attached hydrogens (tertiary/aromatic N) is 1. The highest BCUT2D eigenvalue weighted by molar-refractivity contribution is 14.1. The van der Waals surface area contributed by atoms with E-state index in [1.165, 1.54) is 32.7 Å². The summed E-state index contributed by atoms with van der Waals surface area (Å²) in [6.45, 7) is 0. The van der Waals surface area contributed by atoms with Gasteiger partial charge in [-0.3, -0.25) is 0 Å². The second-order valence-corrected chi connectivity index (χ2v) is 13.9. The Kier molecular flexibility index (Phi) is 7.29. The molecule has 0 radical (unpaired) electrons. The van der Waals surface area contributed by atoms with E-state index in [1.807, 2.05) is 6.07 Å². The van der Waals surface area contributed by atoms with Gasteiger partial charge < -0.3 is 9.32 Å². The molecular weight excluding hydrogens is 765 g/mol. The molecule has 0 unspecified atom stereocenters. The molecule has 0 saturated heterocycles. The molecule has 0 atom stereocenters. The van der Waals surface area contributed by atoms with Gasteiger partial charge in [0.25, 0.3) is 0 Å². The number of halogens is 2. The molecule has 1 aromatic heterocycles. The Morgan fingerprint density at radius 2 is 1.08 bits per heavy atom. The van der Waals surface area contributed by atoms with Crippen molar-refractivity contribution in [3.8, 4) is 22.3 Å². The summed E-state index contributed by atoms with van der Waals surface area (Å²) in [6, 6.07) is 58.5. The van der Waals surface area contributed by atoms with Crippen LogP contribution in [0.4, 0.5) is 17.1 Å². The predicted molar refractivity (Wildman–Crippen MR) is 215 cm³/mol. The quantitative estimate of drug-likeness (QED) is 0.127. The average Bonchev–Trinajstić information content (AvgIpc) is 3.52. The zero-order valence-corrected chi connectivity index (χ0v) is 29.4. The molecule has 9 aromatic rings. The van der Waals surface area contributed by atoms with Gasteiger partial charge in [0.15, 0.2) is 0 Å². The molecule has 1 heterocycles. The van der Waals surface area contributed by atoms with Gasteiger partial charge in [-0.25, -0.2) is 0 Å². The molecule has 0 aliphatic heterocycles. The summed E-state index contributed by atoms with van der Waals surface area (Å²) in [5.41, 5.74) is 9.65. The van der Waals surface area contributed by atoms with Crippen molar-refractivity contribution in [2.24, 2.45) is 0 Å². The zero-order valence-electron chi connectivity index (χ0n) is 25.7. The number of furan rings is 1. The van der Waals surface area contributed by atoms with E-state index in [4.69, 9.17) is 4.42 Å². The molecule has 0 aliphatic rings. The fourth-order valence-corrected chi connectivity index (χ4v) is 8.04. The second kappa shape index (κ2) is 12.0. The fourth-order valence-electron chi connectivity index (χ4n) is 6.89. The lowest BCUT2D eigenvalue weighted by Gasteiger charge is -2.29. The largest absolute Gasteiger partial charge is 0.455 e. The van der Waals surface area contributed by atoms with Gasteiger partial charge in [0.2, 0.25) is 0 Å². The highest BCUT2D eigenvalue weighted by Gasteiger charge is 2.24. The molecule has 8 aromatic carbocycles. The van der Waals surface area contributed by atoms with Crippen molar-refractivity contribution in [2.45, 2.75) is 0 Å². The molecule has 0 aliphatic carbocycles. The van der Waals surface area contributed by atoms with Crippen molar-refractivity contribution >= 4 is 99.1 Å². The number of hydrogen-bond acceptors (Lipinski definition) is 2. The molecule has 48 heavy (non-hydrogen) atoms. The van der Waals surface area contributed by atoms with Crippen LogP contribution < -0.4 is 4.90 Å². The van der Waals surface area contributed by atoms with Crippen molar-refractivity contribution in [2.75, 3.05) is 4.90 Å². The van der Waals surface area contributed by atoms with Gasteiger partial charge in [0.05, 0.1) is 19.4 Å². The normalized spacial score (nSPS) is 11.5. The zero-order chi connectivity index (χ0) is 32.2. The molecule has 0 amide bonds. The standard InChI is InChI=1S/C44H27BrINO/c45-42-40(27-38-37-23-22-31(29-14-5-2-6-15-29)26-41(37)48-44(38)43(42)46)47(33-18-11-17-30(24-33)28-12-3-1-4-13-28)39-25-32-16-7-8-19-34(32)35-20-9-10-21-36(35)39/h1-27H. The summed E-state index contributed by atoms with van der Waals surface area (Å²) >= 11 is 6.51. The van der Waals surface area contributed by atoms with Crippen LogP contribution in [0.3, 0.4) is 0 Å². The maximum atomic E-state index is 6.62. The molecule has 0 spiro atoms. The molecule has 4 heteroatoms. The van der Waals surface area contributed by atoms with Crippen LogP contribution in [0.2, 0.25) is 0 Å². The van der Waals surface area contributed by atoms with Crippen LogP contribution in [0.1, 0.15) is 0 Å². The number of hydrogen-bond donors (Lipinski definition) is 0. The van der Waals surface area contributed by atoms with Gasteiger partial charge >= 0.3 is 0 Å². The van der Waals surface area contributed by atoms with E-state index in [0.717, 1.165) is 58.2 Å². The number of anilines is 3. The molecule has 0 saturated carbocycles. The van der Waals surface area contributed by atoms with Crippen LogP contribution in [0.15, 0.2) is 173 Å². The first-order valence-corrected chi connectivity index (χ1v) is 17.8. The monoisotopic (exact) mass is 791 g/mol. The van der Waals surface area contributed by atoms with Crippen molar-refractivity contribution in [3.05, 3.63) is 172 Å². The third kappa shape index (κ3) is 4.90. The minimum Gasteiger partial charge on any atom is -0.455 e. The van der Waals surface area contributed by atoms with Gasteiger partial charge in [-0.2, -0.15) is 0 Å². The van der Waals surface area contributed by atoms with Crippen molar-refractivity contribution in [3.63, 3.8) is 0 Å². The van der Waals surface area contributed by atoms with Crippen LogP contribution in [-0.2, 0) is 0 Å². The number of rotatable bonds is 5. The molecular formula is C44H27BrINO. The van der Waals surface area contributed by atoms with Gasteiger partial charge in [-0.05, 0) is 113 Å². The van der Waals surface area contributed by atoms with Crippen molar-refractivity contribution in [1.82, 2.24) is 0 Å². The van der Waals surface area contributed by atoms with E-state index in [9.17, 15) is 0 Å². The summed E-state index contributed by atoms with van der Waals surface area (Å²) < 4.78 is 8.64.